The number of ether oxygens (including phenoxy) is 3. The summed E-state index contributed by atoms with van der Waals surface area (Å²) in [6, 6.07) is 7.46. The molecular weight excluding hydrogens is 436 g/mol. The molecule has 34 heavy (non-hydrogen) atoms. The number of rotatable bonds is 10. The largest absolute Gasteiger partial charge is 0.458 e. The highest BCUT2D eigenvalue weighted by Gasteiger charge is 2.34. The molecule has 2 atom stereocenters. The van der Waals surface area contributed by atoms with E-state index in [4.69, 9.17) is 14.2 Å². The summed E-state index contributed by atoms with van der Waals surface area (Å²) in [5.74, 6) is -0.949. The van der Waals surface area contributed by atoms with Crippen molar-refractivity contribution in [2.75, 3.05) is 13.7 Å². The summed E-state index contributed by atoms with van der Waals surface area (Å²) in [5.41, 5.74) is -0.393. The van der Waals surface area contributed by atoms with Crippen molar-refractivity contribution >= 4 is 18.0 Å². The van der Waals surface area contributed by atoms with Gasteiger partial charge in [0, 0.05) is 7.05 Å². The Hall–Kier alpha value is -2.61. The van der Waals surface area contributed by atoms with Gasteiger partial charge in [-0.2, -0.15) is 0 Å². The summed E-state index contributed by atoms with van der Waals surface area (Å²) < 4.78 is 16.7. The van der Waals surface area contributed by atoms with Crippen molar-refractivity contribution in [2.24, 2.45) is 5.92 Å². The lowest BCUT2D eigenvalue weighted by Crippen LogP contribution is -2.55. The van der Waals surface area contributed by atoms with E-state index >= 15 is 0 Å². The molecule has 1 rings (SSSR count). The normalized spacial score (nSPS) is 13.7. The van der Waals surface area contributed by atoms with Gasteiger partial charge < -0.3 is 19.5 Å². The van der Waals surface area contributed by atoms with E-state index in [2.05, 4.69) is 5.32 Å². The van der Waals surface area contributed by atoms with Gasteiger partial charge in [-0.05, 0) is 59.4 Å². The summed E-state index contributed by atoms with van der Waals surface area (Å²) in [5, 5.41) is 2.74. The highest BCUT2D eigenvalue weighted by Crippen LogP contribution is 2.15. The monoisotopic (exact) mass is 478 g/mol. The number of amides is 2. The molecule has 0 aliphatic heterocycles. The summed E-state index contributed by atoms with van der Waals surface area (Å²) >= 11 is 0. The third-order valence-electron chi connectivity index (χ3n) is 4.65. The SMILES string of the molecule is CC(C)C[C@@H](C(=O)N[C@H](COC(C)(C)C)C(=O)OC(C)(C)C)N(C)C(=O)OCc1ccccc1. The lowest BCUT2D eigenvalue weighted by atomic mass is 10.0. The minimum absolute atomic E-state index is 0.0548. The Bertz CT molecular complexity index is 796. The fourth-order valence-corrected chi connectivity index (χ4v) is 2.98. The van der Waals surface area contributed by atoms with Crippen LogP contribution in [0.3, 0.4) is 0 Å². The van der Waals surface area contributed by atoms with Crippen LogP contribution < -0.4 is 5.32 Å². The van der Waals surface area contributed by atoms with Crippen molar-refractivity contribution in [1.29, 1.82) is 0 Å². The van der Waals surface area contributed by atoms with Crippen molar-refractivity contribution in [3.05, 3.63) is 35.9 Å². The van der Waals surface area contributed by atoms with Crippen LogP contribution in [0.2, 0.25) is 0 Å². The van der Waals surface area contributed by atoms with E-state index in [0.717, 1.165) is 5.56 Å². The van der Waals surface area contributed by atoms with E-state index < -0.39 is 41.3 Å². The van der Waals surface area contributed by atoms with E-state index in [1.807, 2.05) is 65.0 Å². The molecule has 192 valence electrons. The number of carbonyl (C=O) groups is 3. The Morgan fingerprint density at radius 3 is 2.06 bits per heavy atom. The van der Waals surface area contributed by atoms with Crippen LogP contribution in [0.15, 0.2) is 30.3 Å². The van der Waals surface area contributed by atoms with Gasteiger partial charge in [0.05, 0.1) is 12.2 Å². The van der Waals surface area contributed by atoms with Gasteiger partial charge in [0.25, 0.3) is 0 Å². The molecule has 0 bridgehead atoms. The van der Waals surface area contributed by atoms with Crippen molar-refractivity contribution in [1.82, 2.24) is 10.2 Å². The predicted octanol–water partition coefficient (Wildman–Crippen LogP) is 4.31. The molecule has 0 aliphatic carbocycles. The topological polar surface area (TPSA) is 94.2 Å². The molecule has 8 nitrogen and oxygen atoms in total. The minimum atomic E-state index is -1.02. The number of carbonyl (C=O) groups excluding carboxylic acids is 3. The van der Waals surface area contributed by atoms with Crippen molar-refractivity contribution in [2.45, 2.75) is 91.7 Å². The second kappa shape index (κ2) is 12.7. The number of esters is 1. The molecule has 0 saturated heterocycles. The maximum Gasteiger partial charge on any atom is 0.410 e. The van der Waals surface area contributed by atoms with Gasteiger partial charge in [-0.25, -0.2) is 9.59 Å². The number of hydrogen-bond acceptors (Lipinski definition) is 6. The predicted molar refractivity (Wildman–Crippen MR) is 131 cm³/mol. The van der Waals surface area contributed by atoms with Crippen LogP contribution in [0.5, 0.6) is 0 Å². The Morgan fingerprint density at radius 1 is 0.971 bits per heavy atom. The van der Waals surface area contributed by atoms with Gasteiger partial charge in [-0.15, -0.1) is 0 Å². The fraction of sp³-hybridized carbons (Fsp3) is 0.654. The average molecular weight is 479 g/mol. The Labute approximate surface area is 204 Å². The number of hydrogen-bond donors (Lipinski definition) is 1. The zero-order valence-corrected chi connectivity index (χ0v) is 22.1. The Kier molecular flexibility index (Phi) is 11.0. The Balaban J connectivity index is 2.97. The molecule has 0 aromatic heterocycles. The summed E-state index contributed by atoms with van der Waals surface area (Å²) in [6.07, 6.45) is -0.228. The van der Waals surface area contributed by atoms with Crippen molar-refractivity contribution in [3.63, 3.8) is 0 Å². The number of benzene rings is 1. The second-order valence-electron chi connectivity index (χ2n) is 10.8. The molecule has 2 amide bonds. The lowest BCUT2D eigenvalue weighted by molar-refractivity contribution is -0.162. The van der Waals surface area contributed by atoms with Crippen LogP contribution in [-0.4, -0.2) is 59.8 Å². The standard InChI is InChI=1S/C26H42N2O6/c1-18(2)15-21(28(9)24(31)32-16-19-13-11-10-12-14-19)22(29)27-20(17-33-25(3,4)5)23(30)34-26(6,7)8/h10-14,18,20-21H,15-17H2,1-9H3,(H,27,29)/t20-,21+/m1/s1. The molecular formula is C26H42N2O6. The first-order valence-electron chi connectivity index (χ1n) is 11.7. The molecule has 1 aromatic carbocycles. The number of likely N-dealkylation sites (N-methyl/N-ethyl adjacent to an activating group) is 1. The zero-order valence-electron chi connectivity index (χ0n) is 22.1. The van der Waals surface area contributed by atoms with Crippen molar-refractivity contribution < 1.29 is 28.6 Å². The quantitative estimate of drug-likeness (QED) is 0.504. The maximum absolute atomic E-state index is 13.3. The molecule has 0 unspecified atom stereocenters. The van der Waals surface area contributed by atoms with E-state index in [0.29, 0.717) is 6.42 Å². The molecule has 8 heteroatoms. The third kappa shape index (κ3) is 11.5. The first kappa shape index (κ1) is 29.4. The first-order valence-corrected chi connectivity index (χ1v) is 11.7. The van der Waals surface area contributed by atoms with Crippen LogP contribution in [-0.2, 0) is 30.4 Å². The number of nitrogens with one attached hydrogen (secondary N) is 1. The van der Waals surface area contributed by atoms with E-state index in [9.17, 15) is 14.4 Å². The van der Waals surface area contributed by atoms with Gasteiger partial charge >= 0.3 is 12.1 Å². The molecule has 0 spiro atoms. The summed E-state index contributed by atoms with van der Waals surface area (Å²) in [6.45, 7) is 14.8. The molecule has 1 N–H and O–H groups in total. The third-order valence-corrected chi connectivity index (χ3v) is 4.65. The molecule has 0 heterocycles. The molecule has 0 radical (unpaired) electrons. The summed E-state index contributed by atoms with van der Waals surface area (Å²) in [4.78, 5) is 40.1. The zero-order chi connectivity index (χ0) is 26.1. The number of nitrogens with zero attached hydrogens (tertiary/aromatic N) is 1. The van der Waals surface area contributed by atoms with Gasteiger partial charge in [0.1, 0.15) is 18.2 Å². The lowest BCUT2D eigenvalue weighted by Gasteiger charge is -2.31. The van der Waals surface area contributed by atoms with Gasteiger partial charge in [-0.3, -0.25) is 9.69 Å². The van der Waals surface area contributed by atoms with E-state index in [1.54, 1.807) is 20.8 Å². The molecule has 0 aliphatic rings. The molecule has 0 saturated carbocycles. The van der Waals surface area contributed by atoms with Gasteiger partial charge in [0.15, 0.2) is 6.04 Å². The Morgan fingerprint density at radius 2 is 1.56 bits per heavy atom. The first-order chi connectivity index (χ1) is 15.6. The van der Waals surface area contributed by atoms with Crippen LogP contribution >= 0.6 is 0 Å². The molecule has 0 fully saturated rings. The van der Waals surface area contributed by atoms with Crippen molar-refractivity contribution in [3.8, 4) is 0 Å². The summed E-state index contributed by atoms with van der Waals surface area (Å²) in [7, 11) is 1.52. The smallest absolute Gasteiger partial charge is 0.410 e. The van der Waals surface area contributed by atoms with E-state index in [-0.39, 0.29) is 19.1 Å². The highest BCUT2D eigenvalue weighted by molar-refractivity contribution is 5.89. The average Bonchev–Trinajstić information content (AvgIpc) is 2.71. The fourth-order valence-electron chi connectivity index (χ4n) is 2.98. The van der Waals surface area contributed by atoms with Crippen LogP contribution in [0, 0.1) is 5.92 Å². The van der Waals surface area contributed by atoms with Gasteiger partial charge in [0.2, 0.25) is 5.91 Å². The molecule has 1 aromatic rings. The van der Waals surface area contributed by atoms with Crippen LogP contribution in [0.1, 0.15) is 67.4 Å². The van der Waals surface area contributed by atoms with Crippen LogP contribution in [0.4, 0.5) is 4.79 Å². The second-order valence-corrected chi connectivity index (χ2v) is 10.8. The van der Waals surface area contributed by atoms with Gasteiger partial charge in [-0.1, -0.05) is 44.2 Å². The van der Waals surface area contributed by atoms with E-state index in [1.165, 1.54) is 11.9 Å². The highest BCUT2D eigenvalue weighted by atomic mass is 16.6. The maximum atomic E-state index is 13.3. The minimum Gasteiger partial charge on any atom is -0.458 e. The van der Waals surface area contributed by atoms with Crippen LogP contribution in [0.25, 0.3) is 0 Å².